The van der Waals surface area contributed by atoms with Crippen LogP contribution >= 0.6 is 23.4 Å². The van der Waals surface area contributed by atoms with Crippen LogP contribution in [-0.4, -0.2) is 60.9 Å². The van der Waals surface area contributed by atoms with Crippen LogP contribution in [0.1, 0.15) is 12.5 Å². The van der Waals surface area contributed by atoms with Gasteiger partial charge in [-0.25, -0.2) is 14.6 Å². The van der Waals surface area contributed by atoms with E-state index in [0.29, 0.717) is 27.8 Å². The third-order valence-electron chi connectivity index (χ3n) is 3.78. The largest absolute Gasteiger partial charge is 0.347 e. The molecule has 140 valence electrons. The van der Waals surface area contributed by atoms with Crippen molar-refractivity contribution in [2.75, 3.05) is 14.1 Å². The number of benzene rings is 1. The minimum atomic E-state index is -0.889. The number of aromatic nitrogens is 5. The lowest BCUT2D eigenvalue weighted by Crippen LogP contribution is -2.36. The summed E-state index contributed by atoms with van der Waals surface area (Å²) in [7, 11) is 3.22. The minimum Gasteiger partial charge on any atom is -0.347 e. The van der Waals surface area contributed by atoms with E-state index >= 15 is 0 Å². The second-order valence-corrected chi connectivity index (χ2v) is 7.60. The lowest BCUT2D eigenvalue weighted by molar-refractivity contribution is -0.132. The van der Waals surface area contributed by atoms with E-state index < -0.39 is 5.25 Å². The predicted molar refractivity (Wildman–Crippen MR) is 103 cm³/mol. The van der Waals surface area contributed by atoms with E-state index in [4.69, 9.17) is 11.6 Å². The SMILES string of the molecule is CC(=O)[C@H](Sc1ncnc2c1nnn2Cc1ccc(Cl)cc1)C(=O)N(C)C. The summed E-state index contributed by atoms with van der Waals surface area (Å²) in [6.07, 6.45) is 1.38. The molecular formula is C17H17ClN6O2S. The zero-order valence-electron chi connectivity index (χ0n) is 15.0. The maximum Gasteiger partial charge on any atom is 0.243 e. The van der Waals surface area contributed by atoms with E-state index in [1.807, 2.05) is 12.1 Å². The number of carbonyl (C=O) groups is 2. The summed E-state index contributed by atoms with van der Waals surface area (Å²) < 4.78 is 1.64. The summed E-state index contributed by atoms with van der Waals surface area (Å²) in [5.41, 5.74) is 1.97. The van der Waals surface area contributed by atoms with E-state index in [9.17, 15) is 9.59 Å². The molecule has 0 aliphatic rings. The quantitative estimate of drug-likeness (QED) is 0.352. The Morgan fingerprint density at radius 2 is 1.93 bits per heavy atom. The Kier molecular flexibility index (Phi) is 5.71. The van der Waals surface area contributed by atoms with Gasteiger partial charge in [-0.2, -0.15) is 0 Å². The normalized spacial score (nSPS) is 12.1. The number of Topliss-reactive ketones (excluding diaryl/α,β-unsaturated/α-hetero) is 1. The first-order chi connectivity index (χ1) is 12.9. The van der Waals surface area contributed by atoms with Crippen LogP contribution in [0.15, 0.2) is 35.6 Å². The molecule has 1 amide bonds. The van der Waals surface area contributed by atoms with Crippen molar-refractivity contribution >= 4 is 46.2 Å². The molecule has 0 aliphatic heterocycles. The van der Waals surface area contributed by atoms with Crippen molar-refractivity contribution in [3.63, 3.8) is 0 Å². The highest BCUT2D eigenvalue weighted by atomic mass is 35.5. The zero-order chi connectivity index (χ0) is 19.6. The standard InChI is InChI=1S/C17H17ClN6O2S/c1-10(25)14(17(26)23(2)3)27-16-13-15(19-9-20-16)24(22-21-13)8-11-4-6-12(18)7-5-11/h4-7,9,14H,8H2,1-3H3/t14-/m0/s1. The smallest absolute Gasteiger partial charge is 0.243 e. The summed E-state index contributed by atoms with van der Waals surface area (Å²) >= 11 is 6.97. The topological polar surface area (TPSA) is 93.9 Å². The number of rotatable bonds is 6. The van der Waals surface area contributed by atoms with Gasteiger partial charge in [0.15, 0.2) is 16.9 Å². The molecule has 0 N–H and O–H groups in total. The highest BCUT2D eigenvalue weighted by Crippen LogP contribution is 2.28. The van der Waals surface area contributed by atoms with Crippen LogP contribution in [-0.2, 0) is 16.1 Å². The lowest BCUT2D eigenvalue weighted by Gasteiger charge is -2.17. The van der Waals surface area contributed by atoms with Crippen LogP contribution in [0.2, 0.25) is 5.02 Å². The molecule has 27 heavy (non-hydrogen) atoms. The molecule has 3 rings (SSSR count). The number of halogens is 1. The van der Waals surface area contributed by atoms with E-state index in [2.05, 4.69) is 20.3 Å². The zero-order valence-corrected chi connectivity index (χ0v) is 16.5. The first-order valence-electron chi connectivity index (χ1n) is 8.03. The van der Waals surface area contributed by atoms with Crippen molar-refractivity contribution < 1.29 is 9.59 Å². The summed E-state index contributed by atoms with van der Waals surface area (Å²) in [6.45, 7) is 1.84. The van der Waals surface area contributed by atoms with Crippen molar-refractivity contribution in [2.24, 2.45) is 0 Å². The highest BCUT2D eigenvalue weighted by molar-refractivity contribution is 8.01. The third kappa shape index (κ3) is 4.25. The molecule has 0 bridgehead atoms. The second-order valence-electron chi connectivity index (χ2n) is 6.07. The first-order valence-corrected chi connectivity index (χ1v) is 9.29. The number of thioether (sulfide) groups is 1. The summed E-state index contributed by atoms with van der Waals surface area (Å²) in [5.74, 6) is -0.549. The van der Waals surface area contributed by atoms with E-state index in [1.165, 1.54) is 18.2 Å². The molecule has 8 nitrogen and oxygen atoms in total. The molecule has 0 unspecified atom stereocenters. The number of amides is 1. The van der Waals surface area contributed by atoms with Gasteiger partial charge in [0.25, 0.3) is 0 Å². The Morgan fingerprint density at radius 1 is 1.22 bits per heavy atom. The van der Waals surface area contributed by atoms with E-state index in [-0.39, 0.29) is 11.7 Å². The van der Waals surface area contributed by atoms with Gasteiger partial charge in [-0.15, -0.1) is 5.10 Å². The third-order valence-corrected chi connectivity index (χ3v) is 5.32. The van der Waals surface area contributed by atoms with Crippen LogP contribution in [0.25, 0.3) is 11.2 Å². The van der Waals surface area contributed by atoms with Crippen LogP contribution in [0, 0.1) is 0 Å². The number of nitrogens with zero attached hydrogens (tertiary/aromatic N) is 6. The predicted octanol–water partition coefficient (Wildman–Crippen LogP) is 2.06. The van der Waals surface area contributed by atoms with Crippen LogP contribution in [0.5, 0.6) is 0 Å². The van der Waals surface area contributed by atoms with Crippen molar-refractivity contribution in [3.8, 4) is 0 Å². The molecule has 0 spiro atoms. The van der Waals surface area contributed by atoms with Gasteiger partial charge < -0.3 is 4.90 Å². The molecule has 2 heterocycles. The molecule has 0 aliphatic carbocycles. The average Bonchev–Trinajstić information content (AvgIpc) is 3.04. The minimum absolute atomic E-state index is 0.251. The van der Waals surface area contributed by atoms with Gasteiger partial charge in [0, 0.05) is 19.1 Å². The fourth-order valence-corrected chi connectivity index (χ4v) is 3.56. The molecule has 0 saturated carbocycles. The first kappa shape index (κ1) is 19.2. The number of fused-ring (bicyclic) bond motifs is 1. The van der Waals surface area contributed by atoms with Gasteiger partial charge in [-0.3, -0.25) is 9.59 Å². The molecule has 0 fully saturated rings. The van der Waals surface area contributed by atoms with Crippen molar-refractivity contribution in [1.82, 2.24) is 29.9 Å². The van der Waals surface area contributed by atoms with Crippen LogP contribution in [0.4, 0.5) is 0 Å². The molecule has 10 heteroatoms. The maximum atomic E-state index is 12.3. The Morgan fingerprint density at radius 3 is 2.56 bits per heavy atom. The summed E-state index contributed by atoms with van der Waals surface area (Å²) in [6, 6.07) is 7.40. The number of hydrogen-bond acceptors (Lipinski definition) is 7. The molecule has 0 saturated heterocycles. The Balaban J connectivity index is 1.92. The van der Waals surface area contributed by atoms with Gasteiger partial charge in [0.05, 0.1) is 6.54 Å². The van der Waals surface area contributed by atoms with Crippen LogP contribution < -0.4 is 0 Å². The molecule has 3 aromatic rings. The maximum absolute atomic E-state index is 12.3. The number of carbonyl (C=O) groups excluding carboxylic acids is 2. The van der Waals surface area contributed by atoms with Crippen molar-refractivity contribution in [1.29, 1.82) is 0 Å². The van der Waals surface area contributed by atoms with Gasteiger partial charge in [-0.05, 0) is 24.6 Å². The van der Waals surface area contributed by atoms with Crippen LogP contribution in [0.3, 0.4) is 0 Å². The van der Waals surface area contributed by atoms with Gasteiger partial charge in [-0.1, -0.05) is 40.7 Å². The Labute approximate surface area is 164 Å². The average molecular weight is 405 g/mol. The fourth-order valence-electron chi connectivity index (χ4n) is 2.38. The molecule has 0 radical (unpaired) electrons. The number of ketones is 1. The van der Waals surface area contributed by atoms with Crippen molar-refractivity contribution in [2.45, 2.75) is 23.7 Å². The van der Waals surface area contributed by atoms with E-state index in [1.54, 1.807) is 30.9 Å². The monoisotopic (exact) mass is 404 g/mol. The second kappa shape index (κ2) is 8.01. The van der Waals surface area contributed by atoms with Gasteiger partial charge in [0.2, 0.25) is 5.91 Å². The Hall–Kier alpha value is -2.52. The summed E-state index contributed by atoms with van der Waals surface area (Å²) in [5, 5.41) is 8.51. The van der Waals surface area contributed by atoms with Gasteiger partial charge >= 0.3 is 0 Å². The number of hydrogen-bond donors (Lipinski definition) is 0. The molecule has 2 aromatic heterocycles. The summed E-state index contributed by atoms with van der Waals surface area (Å²) in [4.78, 5) is 34.1. The molecular weight excluding hydrogens is 388 g/mol. The molecule has 1 aromatic carbocycles. The molecule has 1 atom stereocenters. The fraction of sp³-hybridized carbons (Fsp3) is 0.294. The highest BCUT2D eigenvalue weighted by Gasteiger charge is 2.28. The lowest BCUT2D eigenvalue weighted by atomic mass is 10.2. The Bertz CT molecular complexity index is 989. The van der Waals surface area contributed by atoms with Crippen molar-refractivity contribution in [3.05, 3.63) is 41.2 Å². The van der Waals surface area contributed by atoms with Gasteiger partial charge in [0.1, 0.15) is 16.6 Å². The van der Waals surface area contributed by atoms with E-state index in [0.717, 1.165) is 17.3 Å².